The summed E-state index contributed by atoms with van der Waals surface area (Å²) >= 11 is 0. The molecule has 2 aromatic heterocycles. The lowest BCUT2D eigenvalue weighted by molar-refractivity contribution is 0.0690. The first kappa shape index (κ1) is 14.4. The Morgan fingerprint density at radius 1 is 1.52 bits per heavy atom. The number of hydrogen-bond acceptors (Lipinski definition) is 5. The predicted octanol–water partition coefficient (Wildman–Crippen LogP) is 1.23. The minimum Gasteiger partial charge on any atom is -0.476 e. The average Bonchev–Trinajstić information content (AvgIpc) is 2.93. The van der Waals surface area contributed by atoms with Gasteiger partial charge in [-0.15, -0.1) is 0 Å². The standard InChI is InChI=1S/C14H15N5O2/c1-15-7-10(8-16-2)13-6-12(14(20)21)18-19(13)11-4-3-5-17-9-11/h3-9,15H,1-2H3,(H,20,21)/b10-7+,16-8-. The van der Waals surface area contributed by atoms with Crippen LogP contribution in [0.15, 0.2) is 41.8 Å². The number of allylic oxidation sites excluding steroid dienone is 1. The topological polar surface area (TPSA) is 92.4 Å². The van der Waals surface area contributed by atoms with Crippen molar-refractivity contribution in [1.82, 2.24) is 20.1 Å². The van der Waals surface area contributed by atoms with Crippen molar-refractivity contribution < 1.29 is 9.90 Å². The Morgan fingerprint density at radius 2 is 2.33 bits per heavy atom. The fourth-order valence-electron chi connectivity index (χ4n) is 1.84. The molecule has 0 aliphatic heterocycles. The summed E-state index contributed by atoms with van der Waals surface area (Å²) in [5.41, 5.74) is 1.95. The Hall–Kier alpha value is -2.96. The Morgan fingerprint density at radius 3 is 2.90 bits per heavy atom. The number of pyridine rings is 1. The van der Waals surface area contributed by atoms with E-state index < -0.39 is 5.97 Å². The first-order valence-corrected chi connectivity index (χ1v) is 6.21. The second-order valence-corrected chi connectivity index (χ2v) is 4.12. The van der Waals surface area contributed by atoms with Gasteiger partial charge in [-0.25, -0.2) is 9.48 Å². The quantitative estimate of drug-likeness (QED) is 0.806. The maximum absolute atomic E-state index is 11.2. The molecule has 0 fully saturated rings. The molecular formula is C14H15N5O2. The Kier molecular flexibility index (Phi) is 4.45. The highest BCUT2D eigenvalue weighted by atomic mass is 16.4. The molecule has 2 rings (SSSR count). The summed E-state index contributed by atoms with van der Waals surface area (Å²) in [5.74, 6) is -1.09. The molecule has 0 atom stereocenters. The van der Waals surface area contributed by atoms with Gasteiger partial charge in [0.05, 0.1) is 17.6 Å². The van der Waals surface area contributed by atoms with Gasteiger partial charge in [-0.05, 0) is 18.2 Å². The van der Waals surface area contributed by atoms with Gasteiger partial charge in [0.15, 0.2) is 5.69 Å². The van der Waals surface area contributed by atoms with Crippen molar-refractivity contribution in [2.45, 2.75) is 0 Å². The zero-order valence-electron chi connectivity index (χ0n) is 11.7. The predicted molar refractivity (Wildman–Crippen MR) is 79.8 cm³/mol. The summed E-state index contributed by atoms with van der Waals surface area (Å²) in [6.45, 7) is 0. The molecule has 2 aromatic rings. The lowest BCUT2D eigenvalue weighted by Gasteiger charge is -2.07. The summed E-state index contributed by atoms with van der Waals surface area (Å²) in [6, 6.07) is 5.06. The highest BCUT2D eigenvalue weighted by molar-refractivity contribution is 6.09. The van der Waals surface area contributed by atoms with E-state index >= 15 is 0 Å². The van der Waals surface area contributed by atoms with Gasteiger partial charge in [0.1, 0.15) is 0 Å². The second-order valence-electron chi connectivity index (χ2n) is 4.12. The third kappa shape index (κ3) is 3.14. The highest BCUT2D eigenvalue weighted by Crippen LogP contribution is 2.18. The smallest absolute Gasteiger partial charge is 0.356 e. The van der Waals surface area contributed by atoms with Crippen molar-refractivity contribution in [3.05, 3.63) is 48.2 Å². The van der Waals surface area contributed by atoms with Gasteiger partial charge in [-0.3, -0.25) is 9.98 Å². The van der Waals surface area contributed by atoms with Gasteiger partial charge in [0.2, 0.25) is 0 Å². The summed E-state index contributed by atoms with van der Waals surface area (Å²) in [5, 5.41) is 16.2. The van der Waals surface area contributed by atoms with E-state index in [0.29, 0.717) is 17.0 Å². The van der Waals surface area contributed by atoms with Crippen molar-refractivity contribution in [2.24, 2.45) is 4.99 Å². The van der Waals surface area contributed by atoms with E-state index in [0.717, 1.165) is 0 Å². The Labute approximate surface area is 121 Å². The maximum Gasteiger partial charge on any atom is 0.356 e. The van der Waals surface area contributed by atoms with Crippen LogP contribution in [0.2, 0.25) is 0 Å². The molecule has 0 spiro atoms. The number of aromatic nitrogens is 3. The molecule has 2 heterocycles. The van der Waals surface area contributed by atoms with E-state index in [1.807, 2.05) is 0 Å². The molecule has 7 nitrogen and oxygen atoms in total. The van der Waals surface area contributed by atoms with E-state index in [9.17, 15) is 4.79 Å². The summed E-state index contributed by atoms with van der Waals surface area (Å²) in [6.07, 6.45) is 6.61. The van der Waals surface area contributed by atoms with Crippen molar-refractivity contribution in [3.8, 4) is 5.69 Å². The van der Waals surface area contributed by atoms with Crippen LogP contribution in [0.3, 0.4) is 0 Å². The third-order valence-corrected chi connectivity index (χ3v) is 2.68. The van der Waals surface area contributed by atoms with Crippen LogP contribution in [0, 0.1) is 0 Å². The number of aliphatic imine (C=N–C) groups is 1. The molecule has 2 N–H and O–H groups in total. The third-order valence-electron chi connectivity index (χ3n) is 2.68. The van der Waals surface area contributed by atoms with Crippen LogP contribution in [0.4, 0.5) is 0 Å². The van der Waals surface area contributed by atoms with Gasteiger partial charge in [-0.1, -0.05) is 0 Å². The van der Waals surface area contributed by atoms with Gasteiger partial charge in [-0.2, -0.15) is 5.10 Å². The zero-order valence-corrected chi connectivity index (χ0v) is 11.7. The van der Waals surface area contributed by atoms with Crippen LogP contribution >= 0.6 is 0 Å². The van der Waals surface area contributed by atoms with Crippen LogP contribution in [-0.2, 0) is 0 Å². The maximum atomic E-state index is 11.2. The Balaban J connectivity index is 2.63. The molecule has 108 valence electrons. The molecule has 0 saturated heterocycles. The molecule has 0 amide bonds. The van der Waals surface area contributed by atoms with Crippen molar-refractivity contribution >= 4 is 17.8 Å². The molecule has 0 aliphatic rings. The van der Waals surface area contributed by atoms with Crippen molar-refractivity contribution in [3.63, 3.8) is 0 Å². The average molecular weight is 285 g/mol. The lowest BCUT2D eigenvalue weighted by Crippen LogP contribution is -2.06. The van der Waals surface area contributed by atoms with Crippen LogP contribution in [0.1, 0.15) is 16.2 Å². The van der Waals surface area contributed by atoms with E-state index in [4.69, 9.17) is 5.11 Å². The number of carbonyl (C=O) groups is 1. The number of carboxylic acid groups (broad SMARTS) is 1. The van der Waals surface area contributed by atoms with E-state index in [2.05, 4.69) is 20.4 Å². The fourth-order valence-corrected chi connectivity index (χ4v) is 1.84. The lowest BCUT2D eigenvalue weighted by atomic mass is 10.2. The van der Waals surface area contributed by atoms with Gasteiger partial charge in [0, 0.05) is 38.3 Å². The molecule has 21 heavy (non-hydrogen) atoms. The summed E-state index contributed by atoms with van der Waals surface area (Å²) in [7, 11) is 3.40. The molecule has 0 aromatic carbocycles. The van der Waals surface area contributed by atoms with E-state index in [1.165, 1.54) is 10.7 Å². The second kappa shape index (κ2) is 6.47. The molecule has 0 aliphatic carbocycles. The first-order valence-electron chi connectivity index (χ1n) is 6.21. The normalized spacial score (nSPS) is 11.8. The number of hydrogen-bond donors (Lipinski definition) is 2. The zero-order chi connectivity index (χ0) is 15.2. The number of rotatable bonds is 5. The van der Waals surface area contributed by atoms with Crippen molar-refractivity contribution in [2.75, 3.05) is 14.1 Å². The van der Waals surface area contributed by atoms with Gasteiger partial charge >= 0.3 is 5.97 Å². The molecule has 0 saturated carbocycles. The molecule has 0 unspecified atom stereocenters. The fraction of sp³-hybridized carbons (Fsp3) is 0.143. The summed E-state index contributed by atoms with van der Waals surface area (Å²) < 4.78 is 1.53. The Bertz CT molecular complexity index is 689. The monoisotopic (exact) mass is 285 g/mol. The van der Waals surface area contributed by atoms with Crippen LogP contribution in [0.5, 0.6) is 0 Å². The van der Waals surface area contributed by atoms with E-state index in [1.54, 1.807) is 51.0 Å². The first-order chi connectivity index (χ1) is 10.2. The minimum absolute atomic E-state index is 0.0413. The van der Waals surface area contributed by atoms with Gasteiger partial charge < -0.3 is 10.4 Å². The largest absolute Gasteiger partial charge is 0.476 e. The SMILES string of the molecule is C/N=C\C(=C/NC)c1cc(C(=O)O)nn1-c1cccnc1. The number of nitrogens with one attached hydrogen (secondary N) is 1. The summed E-state index contributed by atoms with van der Waals surface area (Å²) in [4.78, 5) is 19.2. The molecule has 0 bridgehead atoms. The number of aromatic carboxylic acids is 1. The number of nitrogens with zero attached hydrogens (tertiary/aromatic N) is 4. The van der Waals surface area contributed by atoms with Crippen molar-refractivity contribution in [1.29, 1.82) is 0 Å². The minimum atomic E-state index is -1.09. The van der Waals surface area contributed by atoms with Gasteiger partial charge in [0.25, 0.3) is 0 Å². The highest BCUT2D eigenvalue weighted by Gasteiger charge is 2.16. The number of carboxylic acids is 1. The van der Waals surface area contributed by atoms with Crippen LogP contribution in [-0.4, -0.2) is 46.2 Å². The molecule has 0 radical (unpaired) electrons. The molecular weight excluding hydrogens is 270 g/mol. The molecule has 7 heteroatoms. The van der Waals surface area contributed by atoms with Crippen LogP contribution < -0.4 is 5.32 Å². The van der Waals surface area contributed by atoms with E-state index in [-0.39, 0.29) is 5.69 Å². The van der Waals surface area contributed by atoms with Crippen LogP contribution in [0.25, 0.3) is 11.3 Å².